The number of aromatic nitrogens is 5. The fourth-order valence-electron chi connectivity index (χ4n) is 1.09. The molecule has 86 valence electrons. The lowest BCUT2D eigenvalue weighted by atomic mass is 10.3. The lowest BCUT2D eigenvalue weighted by molar-refractivity contribution is 0.589. The van der Waals surface area contributed by atoms with Gasteiger partial charge in [0.1, 0.15) is 4.88 Å². The lowest BCUT2D eigenvalue weighted by Crippen LogP contribution is -2.13. The number of nitrogens with zero attached hydrogens (tertiary/aromatic N) is 4. The Morgan fingerprint density at radius 3 is 2.81 bits per heavy atom. The number of hydrogen-bond donors (Lipinski definition) is 2. The molecule has 0 atom stereocenters. The van der Waals surface area contributed by atoms with E-state index < -0.39 is 10.0 Å². The van der Waals surface area contributed by atoms with Crippen molar-refractivity contribution in [1.82, 2.24) is 24.8 Å². The molecule has 2 rings (SSSR count). The number of sulfonamides is 1. The average molecular weight is 260 g/mol. The predicted molar refractivity (Wildman–Crippen MR) is 56.0 cm³/mol. The second-order valence-electron chi connectivity index (χ2n) is 2.91. The van der Waals surface area contributed by atoms with Gasteiger partial charge in [0.25, 0.3) is 15.2 Å². The van der Waals surface area contributed by atoms with Gasteiger partial charge in [0.2, 0.25) is 0 Å². The highest BCUT2D eigenvalue weighted by Crippen LogP contribution is 2.23. The van der Waals surface area contributed by atoms with Gasteiger partial charge in [0.05, 0.1) is 5.69 Å². The summed E-state index contributed by atoms with van der Waals surface area (Å²) in [4.78, 5) is 4.43. The fraction of sp³-hybridized carbons (Fsp3) is 0.333. The van der Waals surface area contributed by atoms with Crippen LogP contribution in [0.2, 0.25) is 0 Å². The van der Waals surface area contributed by atoms with Crippen LogP contribution in [-0.2, 0) is 16.4 Å². The first-order valence-electron chi connectivity index (χ1n) is 4.29. The monoisotopic (exact) mass is 260 g/mol. The highest BCUT2D eigenvalue weighted by molar-refractivity contribution is 7.89. The Kier molecular flexibility index (Phi) is 2.69. The quantitative estimate of drug-likeness (QED) is 0.768. The molecule has 0 amide bonds. The molecule has 0 saturated heterocycles. The van der Waals surface area contributed by atoms with Gasteiger partial charge in [-0.2, -0.15) is 10.1 Å². The molecule has 0 aliphatic heterocycles. The van der Waals surface area contributed by atoms with E-state index in [1.807, 2.05) is 6.92 Å². The van der Waals surface area contributed by atoms with Gasteiger partial charge in [0, 0.05) is 0 Å². The summed E-state index contributed by atoms with van der Waals surface area (Å²) >= 11 is 1.11. The second kappa shape index (κ2) is 3.88. The maximum Gasteiger partial charge on any atom is 0.273 e. The molecule has 0 aromatic carbocycles. The van der Waals surface area contributed by atoms with E-state index in [9.17, 15) is 8.42 Å². The number of aromatic amines is 1. The highest BCUT2D eigenvalue weighted by Gasteiger charge is 2.18. The SMILES string of the molecule is CCc1nnsc1-c1n[nH]c(S(N)(=O)=O)n1. The molecule has 0 fully saturated rings. The molecule has 0 aliphatic carbocycles. The molecule has 10 heteroatoms. The first-order chi connectivity index (χ1) is 7.52. The van der Waals surface area contributed by atoms with Gasteiger partial charge in [-0.3, -0.25) is 0 Å². The zero-order valence-corrected chi connectivity index (χ0v) is 9.84. The second-order valence-corrected chi connectivity index (χ2v) is 5.14. The van der Waals surface area contributed by atoms with Crippen molar-refractivity contribution in [1.29, 1.82) is 0 Å². The van der Waals surface area contributed by atoms with Crippen LogP contribution in [0.15, 0.2) is 5.16 Å². The van der Waals surface area contributed by atoms with Crippen molar-refractivity contribution in [2.45, 2.75) is 18.5 Å². The van der Waals surface area contributed by atoms with Gasteiger partial charge in [-0.25, -0.2) is 18.7 Å². The van der Waals surface area contributed by atoms with E-state index in [1.54, 1.807) is 0 Å². The van der Waals surface area contributed by atoms with Crippen LogP contribution in [0.4, 0.5) is 0 Å². The Bertz CT molecular complexity index is 600. The predicted octanol–water partition coefficient (Wildman–Crippen LogP) is -0.467. The van der Waals surface area contributed by atoms with Crippen molar-refractivity contribution in [3.63, 3.8) is 0 Å². The molecule has 0 saturated carbocycles. The molecule has 2 heterocycles. The number of primary sulfonamides is 1. The maximum atomic E-state index is 11.0. The third-order valence-electron chi connectivity index (χ3n) is 1.83. The van der Waals surface area contributed by atoms with E-state index in [4.69, 9.17) is 5.14 Å². The molecule has 0 bridgehead atoms. The van der Waals surface area contributed by atoms with Crippen LogP contribution in [0.5, 0.6) is 0 Å². The minimum atomic E-state index is -3.86. The molecule has 0 spiro atoms. The van der Waals surface area contributed by atoms with Crippen LogP contribution in [0.3, 0.4) is 0 Å². The third kappa shape index (κ3) is 1.94. The van der Waals surface area contributed by atoms with E-state index in [1.165, 1.54) is 0 Å². The number of nitrogens with two attached hydrogens (primary N) is 1. The molecule has 0 radical (unpaired) electrons. The minimum absolute atomic E-state index is 0.246. The van der Waals surface area contributed by atoms with Crippen molar-refractivity contribution >= 4 is 21.6 Å². The van der Waals surface area contributed by atoms with E-state index >= 15 is 0 Å². The molecular weight excluding hydrogens is 252 g/mol. The van der Waals surface area contributed by atoms with Gasteiger partial charge >= 0.3 is 0 Å². The summed E-state index contributed by atoms with van der Waals surface area (Å²) in [6, 6.07) is 0. The van der Waals surface area contributed by atoms with Crippen molar-refractivity contribution in [2.24, 2.45) is 5.14 Å². The van der Waals surface area contributed by atoms with Crippen molar-refractivity contribution in [2.75, 3.05) is 0 Å². The summed E-state index contributed by atoms with van der Waals surface area (Å²) in [7, 11) is -3.86. The highest BCUT2D eigenvalue weighted by atomic mass is 32.2. The molecule has 16 heavy (non-hydrogen) atoms. The average Bonchev–Trinajstić information content (AvgIpc) is 2.84. The summed E-state index contributed by atoms with van der Waals surface area (Å²) in [5.41, 5.74) is 0.727. The van der Waals surface area contributed by atoms with E-state index in [-0.39, 0.29) is 11.0 Å². The normalized spacial score (nSPS) is 11.9. The summed E-state index contributed by atoms with van der Waals surface area (Å²) in [6.07, 6.45) is 0.672. The van der Waals surface area contributed by atoms with Crippen molar-refractivity contribution in [3.8, 4) is 10.7 Å². The summed E-state index contributed by atoms with van der Waals surface area (Å²) in [5, 5.41) is 14.4. The van der Waals surface area contributed by atoms with E-state index in [2.05, 4.69) is 24.8 Å². The summed E-state index contributed by atoms with van der Waals surface area (Å²) in [6.45, 7) is 1.91. The molecule has 3 N–H and O–H groups in total. The van der Waals surface area contributed by atoms with Gasteiger partial charge < -0.3 is 0 Å². The van der Waals surface area contributed by atoms with Gasteiger partial charge in [-0.15, -0.1) is 5.10 Å². The number of aryl methyl sites for hydroxylation is 1. The van der Waals surface area contributed by atoms with Crippen molar-refractivity contribution < 1.29 is 8.42 Å². The van der Waals surface area contributed by atoms with E-state index in [0.29, 0.717) is 11.3 Å². The molecule has 8 nitrogen and oxygen atoms in total. The first-order valence-corrected chi connectivity index (χ1v) is 6.61. The summed E-state index contributed by atoms with van der Waals surface area (Å²) < 4.78 is 25.7. The Balaban J connectivity index is 2.47. The number of H-pyrrole nitrogens is 1. The third-order valence-corrected chi connectivity index (χ3v) is 3.31. The Morgan fingerprint density at radius 2 is 2.25 bits per heavy atom. The van der Waals surface area contributed by atoms with Gasteiger partial charge in [0.15, 0.2) is 5.82 Å². The van der Waals surface area contributed by atoms with Gasteiger partial charge in [-0.1, -0.05) is 11.4 Å². The largest absolute Gasteiger partial charge is 0.273 e. The molecule has 2 aromatic rings. The number of hydrogen-bond acceptors (Lipinski definition) is 7. The standard InChI is InChI=1S/C6H8N6O2S2/c1-2-3-4(15-12-9-3)5-8-6(11-10-5)16(7,13)14/h2H2,1H3,(H2,7,13,14)(H,8,10,11). The fourth-order valence-corrected chi connectivity index (χ4v) is 2.16. The van der Waals surface area contributed by atoms with Crippen LogP contribution in [0.25, 0.3) is 10.7 Å². The smallest absolute Gasteiger partial charge is 0.248 e. The minimum Gasteiger partial charge on any atom is -0.248 e. The number of rotatable bonds is 3. The molecule has 2 aromatic heterocycles. The van der Waals surface area contributed by atoms with Crippen LogP contribution in [0.1, 0.15) is 12.6 Å². The van der Waals surface area contributed by atoms with Gasteiger partial charge in [-0.05, 0) is 18.0 Å². The Morgan fingerprint density at radius 1 is 1.50 bits per heavy atom. The van der Waals surface area contributed by atoms with Crippen LogP contribution in [0, 0.1) is 0 Å². The lowest BCUT2D eigenvalue weighted by Gasteiger charge is -1.90. The first kappa shape index (κ1) is 11.1. The summed E-state index contributed by atoms with van der Waals surface area (Å²) in [5.74, 6) is 0.246. The van der Waals surface area contributed by atoms with Crippen molar-refractivity contribution in [3.05, 3.63) is 5.69 Å². The number of nitrogens with one attached hydrogen (secondary N) is 1. The molecular formula is C6H8N6O2S2. The van der Waals surface area contributed by atoms with Crippen LogP contribution < -0.4 is 5.14 Å². The zero-order chi connectivity index (χ0) is 11.8. The Labute approximate surface area is 95.1 Å². The maximum absolute atomic E-state index is 11.0. The van der Waals surface area contributed by atoms with Crippen LogP contribution >= 0.6 is 11.5 Å². The van der Waals surface area contributed by atoms with Crippen LogP contribution in [-0.4, -0.2) is 33.2 Å². The molecule has 0 unspecified atom stereocenters. The molecule has 0 aliphatic rings. The topological polar surface area (TPSA) is 128 Å². The van der Waals surface area contributed by atoms with E-state index in [0.717, 1.165) is 17.2 Å². The Hall–Kier alpha value is -1.39. The zero-order valence-electron chi connectivity index (χ0n) is 8.21.